The monoisotopic (exact) mass is 308 g/mol. The zero-order valence-electron chi connectivity index (χ0n) is 10.4. The topological polar surface area (TPSA) is 45.1 Å². The average Bonchev–Trinajstić information content (AvgIpc) is 2.38. The Labute approximate surface area is 115 Å². The third kappa shape index (κ3) is 3.21. The van der Waals surface area contributed by atoms with Gasteiger partial charge in [-0.05, 0) is 43.2 Å². The molecular formula is C14H17BrN2O. The number of rotatable bonds is 5. The van der Waals surface area contributed by atoms with Crippen molar-refractivity contribution >= 4 is 32.7 Å². The number of aliphatic hydroxyl groups excluding tert-OH is 1. The number of fused-ring (bicyclic) bond motifs is 1. The number of anilines is 1. The van der Waals surface area contributed by atoms with E-state index in [1.54, 1.807) is 0 Å². The first-order chi connectivity index (χ1) is 8.72. The highest BCUT2D eigenvalue weighted by Gasteiger charge is 2.06. The van der Waals surface area contributed by atoms with Gasteiger partial charge in [0.05, 0.1) is 5.52 Å². The smallest absolute Gasteiger partial charge is 0.126 e. The van der Waals surface area contributed by atoms with E-state index >= 15 is 0 Å². The second-order valence-electron chi connectivity index (χ2n) is 4.30. The van der Waals surface area contributed by atoms with E-state index in [1.807, 2.05) is 18.2 Å². The highest BCUT2D eigenvalue weighted by atomic mass is 79.9. The molecule has 18 heavy (non-hydrogen) atoms. The van der Waals surface area contributed by atoms with Gasteiger partial charge in [0.2, 0.25) is 0 Å². The summed E-state index contributed by atoms with van der Waals surface area (Å²) in [5.74, 6) is 0.866. The molecule has 0 fully saturated rings. The van der Waals surface area contributed by atoms with Crippen LogP contribution in [0.1, 0.15) is 19.8 Å². The van der Waals surface area contributed by atoms with E-state index in [2.05, 4.69) is 45.3 Å². The Kier molecular flexibility index (Phi) is 4.55. The van der Waals surface area contributed by atoms with Crippen molar-refractivity contribution in [1.29, 1.82) is 0 Å². The summed E-state index contributed by atoms with van der Waals surface area (Å²) >= 11 is 3.45. The summed E-state index contributed by atoms with van der Waals surface area (Å²) in [6.45, 7) is 2.30. The van der Waals surface area contributed by atoms with Crippen molar-refractivity contribution in [2.24, 2.45) is 0 Å². The van der Waals surface area contributed by atoms with Crippen molar-refractivity contribution in [3.05, 3.63) is 34.8 Å². The summed E-state index contributed by atoms with van der Waals surface area (Å²) in [7, 11) is 0. The predicted molar refractivity (Wildman–Crippen MR) is 78.8 cm³/mol. The molecule has 2 rings (SSSR count). The molecule has 0 radical (unpaired) electrons. The molecule has 2 N–H and O–H groups in total. The first-order valence-electron chi connectivity index (χ1n) is 6.16. The van der Waals surface area contributed by atoms with Crippen LogP contribution in [-0.4, -0.2) is 22.7 Å². The normalized spacial score (nSPS) is 12.6. The first kappa shape index (κ1) is 13.3. The molecule has 0 aliphatic rings. The maximum atomic E-state index is 8.98. The van der Waals surface area contributed by atoms with Crippen molar-refractivity contribution < 1.29 is 5.11 Å². The van der Waals surface area contributed by atoms with Crippen LogP contribution in [0.25, 0.3) is 10.9 Å². The molecule has 0 spiro atoms. The standard InChI is InChI=1S/C14H17BrN2O/c1-2-12(7-8-18)16-14-6-3-10-9-11(15)4-5-13(10)17-14/h3-6,9,12,18H,2,7-8H2,1H3,(H,16,17). The first-order valence-corrected chi connectivity index (χ1v) is 6.96. The number of benzene rings is 1. The Morgan fingerprint density at radius 2 is 2.17 bits per heavy atom. The lowest BCUT2D eigenvalue weighted by molar-refractivity contribution is 0.278. The highest BCUT2D eigenvalue weighted by Crippen LogP contribution is 2.20. The molecule has 1 heterocycles. The van der Waals surface area contributed by atoms with Crippen LogP contribution in [0.2, 0.25) is 0 Å². The Bertz CT molecular complexity index is 530. The second kappa shape index (κ2) is 6.16. The molecule has 1 aromatic heterocycles. The van der Waals surface area contributed by atoms with Crippen LogP contribution >= 0.6 is 15.9 Å². The van der Waals surface area contributed by atoms with E-state index in [4.69, 9.17) is 5.11 Å². The molecule has 0 bridgehead atoms. The van der Waals surface area contributed by atoms with Gasteiger partial charge in [-0.25, -0.2) is 4.98 Å². The number of aromatic nitrogens is 1. The summed E-state index contributed by atoms with van der Waals surface area (Å²) in [5.41, 5.74) is 0.974. The van der Waals surface area contributed by atoms with E-state index in [-0.39, 0.29) is 12.6 Å². The van der Waals surface area contributed by atoms with Gasteiger partial charge in [0.25, 0.3) is 0 Å². The maximum Gasteiger partial charge on any atom is 0.126 e. The highest BCUT2D eigenvalue weighted by molar-refractivity contribution is 9.10. The van der Waals surface area contributed by atoms with Gasteiger partial charge in [0.15, 0.2) is 0 Å². The largest absolute Gasteiger partial charge is 0.396 e. The van der Waals surface area contributed by atoms with Gasteiger partial charge in [0.1, 0.15) is 5.82 Å². The number of pyridine rings is 1. The third-order valence-electron chi connectivity index (χ3n) is 2.97. The SMILES string of the molecule is CCC(CCO)Nc1ccc2cc(Br)ccc2n1. The molecule has 0 saturated carbocycles. The Morgan fingerprint density at radius 1 is 1.33 bits per heavy atom. The lowest BCUT2D eigenvalue weighted by atomic mass is 10.1. The zero-order valence-corrected chi connectivity index (χ0v) is 11.9. The summed E-state index contributed by atoms with van der Waals surface area (Å²) in [4.78, 5) is 4.57. The fourth-order valence-electron chi connectivity index (χ4n) is 1.92. The maximum absolute atomic E-state index is 8.98. The van der Waals surface area contributed by atoms with Gasteiger partial charge in [0, 0.05) is 22.5 Å². The summed E-state index contributed by atoms with van der Waals surface area (Å²) < 4.78 is 1.06. The molecule has 3 nitrogen and oxygen atoms in total. The molecule has 96 valence electrons. The minimum Gasteiger partial charge on any atom is -0.396 e. The van der Waals surface area contributed by atoms with Gasteiger partial charge in [-0.15, -0.1) is 0 Å². The van der Waals surface area contributed by atoms with Crippen LogP contribution < -0.4 is 5.32 Å². The minimum absolute atomic E-state index is 0.200. The van der Waals surface area contributed by atoms with E-state index < -0.39 is 0 Å². The summed E-state index contributed by atoms with van der Waals surface area (Å²) in [5, 5.41) is 13.5. The zero-order chi connectivity index (χ0) is 13.0. The van der Waals surface area contributed by atoms with Crippen molar-refractivity contribution in [2.75, 3.05) is 11.9 Å². The fraction of sp³-hybridized carbons (Fsp3) is 0.357. The quantitative estimate of drug-likeness (QED) is 0.887. The molecule has 0 saturated heterocycles. The Hall–Kier alpha value is -1.13. The summed E-state index contributed by atoms with van der Waals surface area (Å²) in [6, 6.07) is 10.4. The van der Waals surface area contributed by atoms with Gasteiger partial charge in [-0.2, -0.15) is 0 Å². The van der Waals surface area contributed by atoms with Crippen LogP contribution in [0.4, 0.5) is 5.82 Å². The van der Waals surface area contributed by atoms with Crippen LogP contribution in [0.3, 0.4) is 0 Å². The summed E-state index contributed by atoms with van der Waals surface area (Å²) in [6.07, 6.45) is 1.72. The Morgan fingerprint density at radius 3 is 2.89 bits per heavy atom. The number of halogens is 1. The number of aliphatic hydroxyl groups is 1. The lowest BCUT2D eigenvalue weighted by Gasteiger charge is -2.16. The molecular weight excluding hydrogens is 292 g/mol. The number of hydrogen-bond acceptors (Lipinski definition) is 3. The van der Waals surface area contributed by atoms with Gasteiger partial charge < -0.3 is 10.4 Å². The predicted octanol–water partition coefficient (Wildman–Crippen LogP) is 3.57. The molecule has 1 unspecified atom stereocenters. The molecule has 2 aromatic rings. The van der Waals surface area contributed by atoms with Crippen LogP contribution in [0.15, 0.2) is 34.8 Å². The molecule has 0 amide bonds. The second-order valence-corrected chi connectivity index (χ2v) is 5.21. The number of hydrogen-bond donors (Lipinski definition) is 2. The van der Waals surface area contributed by atoms with Crippen LogP contribution in [0.5, 0.6) is 0 Å². The lowest BCUT2D eigenvalue weighted by Crippen LogP contribution is -2.20. The van der Waals surface area contributed by atoms with Crippen molar-refractivity contribution in [1.82, 2.24) is 4.98 Å². The molecule has 0 aliphatic carbocycles. The van der Waals surface area contributed by atoms with Crippen molar-refractivity contribution in [3.8, 4) is 0 Å². The average molecular weight is 309 g/mol. The Balaban J connectivity index is 2.21. The number of nitrogens with zero attached hydrogens (tertiary/aromatic N) is 1. The van der Waals surface area contributed by atoms with Crippen molar-refractivity contribution in [2.45, 2.75) is 25.8 Å². The van der Waals surface area contributed by atoms with Gasteiger partial charge in [-0.3, -0.25) is 0 Å². The van der Waals surface area contributed by atoms with Gasteiger partial charge >= 0.3 is 0 Å². The van der Waals surface area contributed by atoms with E-state index in [1.165, 1.54) is 0 Å². The van der Waals surface area contributed by atoms with Gasteiger partial charge in [-0.1, -0.05) is 22.9 Å². The molecule has 0 aliphatic heterocycles. The van der Waals surface area contributed by atoms with E-state index in [9.17, 15) is 0 Å². The van der Waals surface area contributed by atoms with E-state index in [0.717, 1.165) is 34.0 Å². The minimum atomic E-state index is 0.200. The fourth-order valence-corrected chi connectivity index (χ4v) is 2.30. The molecule has 1 aromatic carbocycles. The van der Waals surface area contributed by atoms with Crippen LogP contribution in [-0.2, 0) is 0 Å². The molecule has 4 heteroatoms. The number of nitrogens with one attached hydrogen (secondary N) is 1. The third-order valence-corrected chi connectivity index (χ3v) is 3.47. The van der Waals surface area contributed by atoms with E-state index in [0.29, 0.717) is 0 Å². The molecule has 1 atom stereocenters. The van der Waals surface area contributed by atoms with Crippen molar-refractivity contribution in [3.63, 3.8) is 0 Å². The van der Waals surface area contributed by atoms with Crippen LogP contribution in [0, 0.1) is 0 Å².